The molecule has 0 amide bonds. The Kier molecular flexibility index (Phi) is 67.1. The highest BCUT2D eigenvalue weighted by Gasteiger charge is 2.27. The number of phosphoric ester groups is 1. The Labute approximate surface area is 537 Å². The molecule has 1 N–H and O–H groups in total. The molecule has 0 bridgehead atoms. The molecule has 0 aromatic heterocycles. The molecule has 0 aromatic rings. The van der Waals surface area contributed by atoms with E-state index in [2.05, 4.69) is 26.0 Å². The van der Waals surface area contributed by atoms with Crippen LogP contribution in [-0.2, 0) is 32.7 Å². The van der Waals surface area contributed by atoms with Gasteiger partial charge in [0.2, 0.25) is 0 Å². The first-order valence-electron chi connectivity index (χ1n) is 38.4. The fraction of sp³-hybridized carbons (Fsp3) is 0.947. The molecule has 86 heavy (non-hydrogen) atoms. The number of carbonyl (C=O) groups excluding carboxylic acids is 2. The lowest BCUT2D eigenvalue weighted by molar-refractivity contribution is -0.870. The van der Waals surface area contributed by atoms with E-state index in [1.807, 2.05) is 21.1 Å². The first kappa shape index (κ1) is 84.8. The molecule has 0 saturated heterocycles. The van der Waals surface area contributed by atoms with Gasteiger partial charge in [0.25, 0.3) is 0 Å². The van der Waals surface area contributed by atoms with E-state index in [4.69, 9.17) is 18.5 Å². The zero-order valence-corrected chi connectivity index (χ0v) is 59.5. The molecule has 2 atom stereocenters. The van der Waals surface area contributed by atoms with Crippen LogP contribution < -0.4 is 0 Å². The summed E-state index contributed by atoms with van der Waals surface area (Å²) in [5, 5.41) is 0. The topological polar surface area (TPSA) is 108 Å². The maximum absolute atomic E-state index is 12.9. The van der Waals surface area contributed by atoms with Crippen LogP contribution in [0.5, 0.6) is 0 Å². The Morgan fingerprint density at radius 1 is 0.349 bits per heavy atom. The molecule has 0 aliphatic carbocycles. The van der Waals surface area contributed by atoms with Gasteiger partial charge in [-0.05, 0) is 38.5 Å². The molecular weight excluding hydrogens is 1090 g/mol. The van der Waals surface area contributed by atoms with Crippen LogP contribution in [0.15, 0.2) is 12.2 Å². The van der Waals surface area contributed by atoms with Crippen LogP contribution in [0.1, 0.15) is 412 Å². The second-order valence-corrected chi connectivity index (χ2v) is 29.2. The number of ether oxygens (including phenoxy) is 2. The largest absolute Gasteiger partial charge is 0.472 e. The van der Waals surface area contributed by atoms with Crippen molar-refractivity contribution in [2.75, 3.05) is 47.5 Å². The molecule has 2 unspecified atom stereocenters. The van der Waals surface area contributed by atoms with Crippen molar-refractivity contribution in [2.24, 2.45) is 0 Å². The molecule has 9 nitrogen and oxygen atoms in total. The Morgan fingerprint density at radius 2 is 0.593 bits per heavy atom. The molecule has 10 heteroatoms. The summed E-state index contributed by atoms with van der Waals surface area (Å²) in [4.78, 5) is 35.9. The van der Waals surface area contributed by atoms with Gasteiger partial charge in [-0.25, -0.2) is 4.57 Å². The molecule has 0 aromatic carbocycles. The van der Waals surface area contributed by atoms with Gasteiger partial charge < -0.3 is 18.9 Å². The lowest BCUT2D eigenvalue weighted by atomic mass is 10.0. The Morgan fingerprint density at radius 3 is 0.860 bits per heavy atom. The van der Waals surface area contributed by atoms with Gasteiger partial charge in [-0.15, -0.1) is 0 Å². The van der Waals surface area contributed by atoms with Crippen LogP contribution in [0.25, 0.3) is 0 Å². The van der Waals surface area contributed by atoms with E-state index in [0.29, 0.717) is 23.9 Å². The van der Waals surface area contributed by atoms with Crippen molar-refractivity contribution in [1.82, 2.24) is 0 Å². The predicted octanol–water partition coefficient (Wildman–Crippen LogP) is 25.1. The minimum absolute atomic E-state index is 0.0364. The fourth-order valence-corrected chi connectivity index (χ4v) is 12.6. The van der Waals surface area contributed by atoms with E-state index in [-0.39, 0.29) is 25.6 Å². The molecule has 0 radical (unpaired) electrons. The standard InChI is InChI=1S/C76H150NO8P/c1-6-8-10-12-14-16-18-20-22-24-26-28-30-32-34-35-36-37-38-39-40-41-43-44-46-48-50-52-54-56-58-60-62-64-66-68-75(78)82-72-74(73-84-86(80,81)83-71-70-77(3,4)5)85-76(79)69-67-65-63-61-59-57-55-53-51-49-47-45-42-33-31-29-27-25-23-21-19-17-15-13-11-9-7-2/h25,27,74H,6-24,26,28-73H2,1-5H3/p+1/b27-25-. The highest BCUT2D eigenvalue weighted by Crippen LogP contribution is 2.43. The summed E-state index contributed by atoms with van der Waals surface area (Å²) in [7, 11) is 1.50. The molecule has 512 valence electrons. The first-order chi connectivity index (χ1) is 42.0. The third kappa shape index (κ3) is 71.8. The zero-order valence-electron chi connectivity index (χ0n) is 58.6. The Hall–Kier alpha value is -1.25. The number of rotatable bonds is 73. The van der Waals surface area contributed by atoms with E-state index >= 15 is 0 Å². The number of phosphoric acid groups is 1. The van der Waals surface area contributed by atoms with Crippen molar-refractivity contribution in [3.8, 4) is 0 Å². The Balaban J connectivity index is 3.91. The van der Waals surface area contributed by atoms with Crippen LogP contribution in [0, 0.1) is 0 Å². The third-order valence-corrected chi connectivity index (χ3v) is 18.8. The van der Waals surface area contributed by atoms with E-state index in [1.54, 1.807) is 0 Å². The van der Waals surface area contributed by atoms with Gasteiger partial charge in [0, 0.05) is 12.8 Å². The van der Waals surface area contributed by atoms with E-state index in [1.165, 1.54) is 347 Å². The highest BCUT2D eigenvalue weighted by molar-refractivity contribution is 7.47. The molecule has 0 heterocycles. The average molecular weight is 1240 g/mol. The number of allylic oxidation sites excluding steroid dienone is 2. The van der Waals surface area contributed by atoms with Gasteiger partial charge in [0.05, 0.1) is 27.7 Å². The molecule has 0 rings (SSSR count). The van der Waals surface area contributed by atoms with E-state index < -0.39 is 26.5 Å². The number of likely N-dealkylation sites (N-methyl/N-ethyl adjacent to an activating group) is 1. The minimum Gasteiger partial charge on any atom is -0.462 e. The van der Waals surface area contributed by atoms with Crippen molar-refractivity contribution in [3.63, 3.8) is 0 Å². The molecule has 0 aliphatic heterocycles. The number of hydrogen-bond donors (Lipinski definition) is 1. The fourth-order valence-electron chi connectivity index (χ4n) is 11.9. The summed E-state index contributed by atoms with van der Waals surface area (Å²) in [6.45, 7) is 4.53. The lowest BCUT2D eigenvalue weighted by Crippen LogP contribution is -2.37. The van der Waals surface area contributed by atoms with Crippen LogP contribution in [0.4, 0.5) is 0 Å². The summed E-state index contributed by atoms with van der Waals surface area (Å²) in [5.41, 5.74) is 0. The number of nitrogens with zero attached hydrogens (tertiary/aromatic N) is 1. The molecule has 0 spiro atoms. The molecule has 0 saturated carbocycles. The van der Waals surface area contributed by atoms with E-state index in [9.17, 15) is 19.0 Å². The molecule has 0 aliphatic rings. The second-order valence-electron chi connectivity index (χ2n) is 27.8. The number of quaternary nitrogens is 1. The van der Waals surface area contributed by atoms with Crippen LogP contribution in [0.3, 0.4) is 0 Å². The van der Waals surface area contributed by atoms with Crippen molar-refractivity contribution >= 4 is 19.8 Å². The van der Waals surface area contributed by atoms with E-state index in [0.717, 1.165) is 32.1 Å². The number of hydrogen-bond acceptors (Lipinski definition) is 7. The number of esters is 2. The summed E-state index contributed by atoms with van der Waals surface area (Å²) in [6, 6.07) is 0. The zero-order chi connectivity index (χ0) is 62.6. The molecular formula is C76H151NO8P+. The van der Waals surface area contributed by atoms with Crippen molar-refractivity contribution in [3.05, 3.63) is 12.2 Å². The quantitative estimate of drug-likeness (QED) is 0.0211. The van der Waals surface area contributed by atoms with Gasteiger partial charge in [-0.3, -0.25) is 18.6 Å². The third-order valence-electron chi connectivity index (χ3n) is 17.8. The lowest BCUT2D eigenvalue weighted by Gasteiger charge is -2.24. The predicted molar refractivity (Wildman–Crippen MR) is 372 cm³/mol. The monoisotopic (exact) mass is 1240 g/mol. The van der Waals surface area contributed by atoms with Crippen molar-refractivity contribution < 1.29 is 42.1 Å². The minimum atomic E-state index is -4.39. The Bertz CT molecular complexity index is 1450. The summed E-state index contributed by atoms with van der Waals surface area (Å²) in [6.07, 6.45) is 85.0. The van der Waals surface area contributed by atoms with Crippen LogP contribution >= 0.6 is 7.82 Å². The summed E-state index contributed by atoms with van der Waals surface area (Å²) in [5.74, 6) is -0.769. The smallest absolute Gasteiger partial charge is 0.462 e. The van der Waals surface area contributed by atoms with Crippen molar-refractivity contribution in [2.45, 2.75) is 418 Å². The SMILES string of the molecule is CCCCCCCCCC/C=C\CCCCCCCCCCCCCCCCCC(=O)OC(COC(=O)CCCCCCCCCCCCCCCCCCCCCCCCCCCCCCCCCCCCC)COP(=O)(O)OCC[N+](C)(C)C. The second kappa shape index (κ2) is 68.1. The van der Waals surface area contributed by atoms with Gasteiger partial charge in [0.15, 0.2) is 6.10 Å². The van der Waals surface area contributed by atoms with Gasteiger partial charge in [0.1, 0.15) is 19.8 Å². The van der Waals surface area contributed by atoms with Crippen LogP contribution in [-0.4, -0.2) is 74.9 Å². The normalized spacial score (nSPS) is 13.0. The summed E-state index contributed by atoms with van der Waals surface area (Å²) >= 11 is 0. The van der Waals surface area contributed by atoms with Crippen LogP contribution in [0.2, 0.25) is 0 Å². The highest BCUT2D eigenvalue weighted by atomic mass is 31.2. The number of carbonyl (C=O) groups is 2. The maximum Gasteiger partial charge on any atom is 0.472 e. The van der Waals surface area contributed by atoms with Crippen molar-refractivity contribution in [1.29, 1.82) is 0 Å². The number of unbranched alkanes of at least 4 members (excludes halogenated alkanes) is 57. The first-order valence-corrected chi connectivity index (χ1v) is 39.9. The average Bonchev–Trinajstić information content (AvgIpc) is 3.53. The maximum atomic E-state index is 12.9. The van der Waals surface area contributed by atoms with Gasteiger partial charge >= 0.3 is 19.8 Å². The van der Waals surface area contributed by atoms with Gasteiger partial charge in [-0.1, -0.05) is 373 Å². The summed E-state index contributed by atoms with van der Waals surface area (Å²) < 4.78 is 34.8. The van der Waals surface area contributed by atoms with Gasteiger partial charge in [-0.2, -0.15) is 0 Å². The molecule has 0 fully saturated rings.